The summed E-state index contributed by atoms with van der Waals surface area (Å²) in [6, 6.07) is 16.5. The van der Waals surface area contributed by atoms with Gasteiger partial charge in [0.1, 0.15) is 17.5 Å². The van der Waals surface area contributed by atoms with Crippen molar-refractivity contribution in [2.45, 2.75) is 4.90 Å². The van der Waals surface area contributed by atoms with Crippen molar-refractivity contribution in [3.05, 3.63) is 66.6 Å². The molecule has 0 radical (unpaired) electrons. The first-order valence-electron chi connectivity index (χ1n) is 6.11. The maximum Gasteiger partial charge on any atom is 0.141 e. The van der Waals surface area contributed by atoms with Gasteiger partial charge in [-0.2, -0.15) is 0 Å². The van der Waals surface area contributed by atoms with Crippen LogP contribution in [0.5, 0.6) is 0 Å². The second-order valence-electron chi connectivity index (χ2n) is 4.14. The Kier molecular flexibility index (Phi) is 3.69. The number of hydrogen-bond donors (Lipinski definition) is 2. The minimum atomic E-state index is -0.288. The van der Waals surface area contributed by atoms with Crippen molar-refractivity contribution >= 4 is 17.8 Å². The molecule has 100 valence electrons. The Morgan fingerprint density at radius 3 is 2.55 bits per heavy atom. The van der Waals surface area contributed by atoms with E-state index in [-0.39, 0.29) is 5.82 Å². The van der Waals surface area contributed by atoms with Gasteiger partial charge >= 0.3 is 0 Å². The highest BCUT2D eigenvalue weighted by molar-refractivity contribution is 8.00. The molecule has 0 spiro atoms. The Morgan fingerprint density at radius 1 is 1.00 bits per heavy atom. The van der Waals surface area contributed by atoms with E-state index >= 15 is 0 Å². The zero-order valence-corrected chi connectivity index (χ0v) is 11.3. The van der Waals surface area contributed by atoms with Gasteiger partial charge in [-0.05, 0) is 36.2 Å². The summed E-state index contributed by atoms with van der Waals surface area (Å²) in [6.45, 7) is 0. The Morgan fingerprint density at radius 2 is 1.75 bits per heavy atom. The molecule has 3 rings (SSSR count). The van der Waals surface area contributed by atoms with Crippen molar-refractivity contribution < 1.29 is 4.39 Å². The van der Waals surface area contributed by atoms with E-state index in [0.29, 0.717) is 11.4 Å². The topological polar surface area (TPSA) is 40.7 Å². The number of nitrogens with zero attached hydrogens (tertiary/aromatic N) is 1. The molecule has 3 aromatic rings. The van der Waals surface area contributed by atoms with E-state index in [1.54, 1.807) is 24.4 Å². The fraction of sp³-hybridized carbons (Fsp3) is 0. The Balaban J connectivity index is 1.73. The minimum Gasteiger partial charge on any atom is -0.324 e. The number of aromatic nitrogens is 2. The van der Waals surface area contributed by atoms with Gasteiger partial charge in [0, 0.05) is 4.90 Å². The Bertz CT molecular complexity index is 697. The molecule has 0 saturated carbocycles. The number of imidazole rings is 1. The smallest absolute Gasteiger partial charge is 0.141 e. The van der Waals surface area contributed by atoms with Gasteiger partial charge in [-0.1, -0.05) is 30.3 Å². The van der Waals surface area contributed by atoms with Gasteiger partial charge in [-0.3, -0.25) is 0 Å². The van der Waals surface area contributed by atoms with Gasteiger partial charge in [-0.15, -0.1) is 0 Å². The average Bonchev–Trinajstić information content (AvgIpc) is 2.95. The summed E-state index contributed by atoms with van der Waals surface area (Å²) in [5.74, 6) is 0.959. The summed E-state index contributed by atoms with van der Waals surface area (Å²) in [6.07, 6.45) is 1.65. The van der Waals surface area contributed by atoms with Crippen molar-refractivity contribution in [1.82, 2.24) is 9.97 Å². The average molecular weight is 285 g/mol. The van der Waals surface area contributed by atoms with Crippen molar-refractivity contribution in [2.75, 3.05) is 4.72 Å². The van der Waals surface area contributed by atoms with Crippen LogP contribution in [0.3, 0.4) is 0 Å². The summed E-state index contributed by atoms with van der Waals surface area (Å²) in [7, 11) is 0. The monoisotopic (exact) mass is 285 g/mol. The van der Waals surface area contributed by atoms with Crippen LogP contribution in [-0.4, -0.2) is 9.97 Å². The van der Waals surface area contributed by atoms with Crippen LogP contribution in [0.1, 0.15) is 0 Å². The molecule has 0 atom stereocenters. The number of benzene rings is 2. The largest absolute Gasteiger partial charge is 0.324 e. The highest BCUT2D eigenvalue weighted by Gasteiger charge is 2.08. The van der Waals surface area contributed by atoms with Crippen LogP contribution >= 0.6 is 11.9 Å². The van der Waals surface area contributed by atoms with Gasteiger partial charge in [0.05, 0.1) is 11.8 Å². The summed E-state index contributed by atoms with van der Waals surface area (Å²) in [5, 5.41) is 0. The summed E-state index contributed by atoms with van der Waals surface area (Å²) < 4.78 is 16.8. The zero-order valence-electron chi connectivity index (χ0n) is 10.5. The maximum atomic E-state index is 13.6. The quantitative estimate of drug-likeness (QED) is 0.701. The van der Waals surface area contributed by atoms with E-state index < -0.39 is 0 Å². The van der Waals surface area contributed by atoms with E-state index in [1.807, 2.05) is 30.3 Å². The number of halogens is 1. The molecular formula is C15H12FN3S. The first kappa shape index (κ1) is 12.7. The number of rotatable bonds is 4. The summed E-state index contributed by atoms with van der Waals surface area (Å²) in [4.78, 5) is 8.34. The predicted octanol–water partition coefficient (Wildman–Crippen LogP) is 4.34. The molecule has 1 heterocycles. The van der Waals surface area contributed by atoms with Crippen molar-refractivity contribution in [2.24, 2.45) is 0 Å². The lowest BCUT2D eigenvalue weighted by Gasteiger charge is -2.02. The third kappa shape index (κ3) is 2.83. The van der Waals surface area contributed by atoms with Crippen LogP contribution in [0.15, 0.2) is 65.7 Å². The fourth-order valence-electron chi connectivity index (χ4n) is 1.77. The molecule has 1 aromatic heterocycles. The molecule has 3 nitrogen and oxygen atoms in total. The molecule has 0 bridgehead atoms. The van der Waals surface area contributed by atoms with Crippen LogP contribution in [0.25, 0.3) is 11.4 Å². The maximum absolute atomic E-state index is 13.6. The molecule has 2 aromatic carbocycles. The van der Waals surface area contributed by atoms with Crippen molar-refractivity contribution in [3.8, 4) is 11.4 Å². The lowest BCUT2D eigenvalue weighted by Crippen LogP contribution is -1.88. The third-order valence-corrected chi connectivity index (χ3v) is 3.56. The second-order valence-corrected chi connectivity index (χ2v) is 5.02. The van der Waals surface area contributed by atoms with Gasteiger partial charge < -0.3 is 9.71 Å². The number of aromatic amines is 1. The number of hydrogen-bond acceptors (Lipinski definition) is 3. The van der Waals surface area contributed by atoms with Crippen LogP contribution < -0.4 is 4.72 Å². The number of nitrogens with one attached hydrogen (secondary N) is 2. The van der Waals surface area contributed by atoms with Crippen LogP contribution in [0, 0.1) is 5.82 Å². The highest BCUT2D eigenvalue weighted by atomic mass is 32.2. The van der Waals surface area contributed by atoms with Crippen LogP contribution in [-0.2, 0) is 0 Å². The lowest BCUT2D eigenvalue weighted by molar-refractivity contribution is 0.630. The zero-order chi connectivity index (χ0) is 13.8. The van der Waals surface area contributed by atoms with Crippen LogP contribution in [0.4, 0.5) is 10.2 Å². The molecule has 0 saturated heterocycles. The van der Waals surface area contributed by atoms with Crippen molar-refractivity contribution in [3.63, 3.8) is 0 Å². The van der Waals surface area contributed by atoms with E-state index in [4.69, 9.17) is 0 Å². The van der Waals surface area contributed by atoms with Gasteiger partial charge in [0.25, 0.3) is 0 Å². The summed E-state index contributed by atoms with van der Waals surface area (Å²) >= 11 is 1.47. The SMILES string of the molecule is Fc1ccccc1-c1ncc(NSc2ccccc2)[nH]1. The molecule has 0 aliphatic heterocycles. The van der Waals surface area contributed by atoms with Gasteiger partial charge in [0.15, 0.2) is 0 Å². The van der Waals surface area contributed by atoms with Crippen LogP contribution in [0.2, 0.25) is 0 Å². The summed E-state index contributed by atoms with van der Waals surface area (Å²) in [5.41, 5.74) is 0.463. The van der Waals surface area contributed by atoms with Gasteiger partial charge in [-0.25, -0.2) is 9.37 Å². The molecule has 0 fully saturated rings. The molecule has 0 aliphatic carbocycles. The minimum absolute atomic E-state index is 0.288. The fourth-order valence-corrected chi connectivity index (χ4v) is 2.39. The number of H-pyrrole nitrogens is 1. The second kappa shape index (κ2) is 5.79. The van der Waals surface area contributed by atoms with Gasteiger partial charge in [0.2, 0.25) is 0 Å². The standard InChI is InChI=1S/C15H12FN3S/c16-13-9-5-4-8-12(13)15-17-10-14(18-15)19-20-11-6-2-1-3-7-11/h1-10,19H,(H,17,18). The predicted molar refractivity (Wildman–Crippen MR) is 79.9 cm³/mol. The Labute approximate surface area is 120 Å². The van der Waals surface area contributed by atoms with Crippen molar-refractivity contribution in [1.29, 1.82) is 0 Å². The third-order valence-electron chi connectivity index (χ3n) is 2.73. The molecule has 2 N–H and O–H groups in total. The van der Waals surface area contributed by atoms with E-state index in [9.17, 15) is 4.39 Å². The van der Waals surface area contributed by atoms with E-state index in [0.717, 1.165) is 10.7 Å². The molecule has 0 aliphatic rings. The van der Waals surface area contributed by atoms with E-state index in [1.165, 1.54) is 18.0 Å². The molecular weight excluding hydrogens is 273 g/mol. The number of anilines is 1. The first-order chi connectivity index (χ1) is 9.83. The Hall–Kier alpha value is -2.27. The molecule has 0 unspecified atom stereocenters. The normalized spacial score (nSPS) is 10.4. The highest BCUT2D eigenvalue weighted by Crippen LogP contribution is 2.23. The molecule has 20 heavy (non-hydrogen) atoms. The lowest BCUT2D eigenvalue weighted by atomic mass is 10.2. The molecule has 5 heteroatoms. The molecule has 0 amide bonds. The van der Waals surface area contributed by atoms with E-state index in [2.05, 4.69) is 14.7 Å². The first-order valence-corrected chi connectivity index (χ1v) is 6.92.